The lowest BCUT2D eigenvalue weighted by atomic mass is 9.99. The SMILES string of the molecule is Cc1cc(C)c(OCCN2CCC(C#N)CC2)c(C)c1. The van der Waals surface area contributed by atoms with Crippen LogP contribution in [0.25, 0.3) is 0 Å². The van der Waals surface area contributed by atoms with Crippen molar-refractivity contribution in [1.29, 1.82) is 5.26 Å². The molecule has 3 nitrogen and oxygen atoms in total. The van der Waals surface area contributed by atoms with E-state index >= 15 is 0 Å². The molecule has 0 radical (unpaired) electrons. The summed E-state index contributed by atoms with van der Waals surface area (Å²) in [5.74, 6) is 1.29. The molecule has 1 aliphatic rings. The van der Waals surface area contributed by atoms with Gasteiger partial charge in [-0.3, -0.25) is 4.90 Å². The van der Waals surface area contributed by atoms with Crippen molar-refractivity contribution in [1.82, 2.24) is 4.90 Å². The third-order valence-corrected chi connectivity index (χ3v) is 4.03. The lowest BCUT2D eigenvalue weighted by Gasteiger charge is -2.29. The van der Waals surface area contributed by atoms with Crippen molar-refractivity contribution in [2.75, 3.05) is 26.2 Å². The van der Waals surface area contributed by atoms with Crippen molar-refractivity contribution in [3.63, 3.8) is 0 Å². The van der Waals surface area contributed by atoms with Gasteiger partial charge in [-0.05, 0) is 57.8 Å². The summed E-state index contributed by atoms with van der Waals surface area (Å²) in [6.07, 6.45) is 2.00. The number of rotatable bonds is 4. The molecular weight excluding hydrogens is 248 g/mol. The maximum Gasteiger partial charge on any atom is 0.125 e. The number of aryl methyl sites for hydroxylation is 3. The van der Waals surface area contributed by atoms with Crippen LogP contribution in [0.3, 0.4) is 0 Å². The summed E-state index contributed by atoms with van der Waals surface area (Å²) in [5.41, 5.74) is 3.71. The minimum atomic E-state index is 0.258. The third kappa shape index (κ3) is 3.74. The largest absolute Gasteiger partial charge is 0.492 e. The van der Waals surface area contributed by atoms with Gasteiger partial charge in [0.05, 0.1) is 6.07 Å². The van der Waals surface area contributed by atoms with Gasteiger partial charge in [0.1, 0.15) is 12.4 Å². The van der Waals surface area contributed by atoms with Gasteiger partial charge in [-0.2, -0.15) is 5.26 Å². The highest BCUT2D eigenvalue weighted by Gasteiger charge is 2.18. The molecule has 1 aromatic carbocycles. The molecular formula is C17H24N2O. The second-order valence-electron chi connectivity index (χ2n) is 5.82. The molecule has 0 aliphatic carbocycles. The van der Waals surface area contributed by atoms with Gasteiger partial charge < -0.3 is 4.74 Å². The van der Waals surface area contributed by atoms with Crippen LogP contribution in [0.4, 0.5) is 0 Å². The molecule has 0 bridgehead atoms. The first-order valence-electron chi connectivity index (χ1n) is 7.42. The number of nitrogens with zero attached hydrogens (tertiary/aromatic N) is 2. The van der Waals surface area contributed by atoms with E-state index in [0.29, 0.717) is 0 Å². The van der Waals surface area contributed by atoms with Gasteiger partial charge in [0.25, 0.3) is 0 Å². The fourth-order valence-electron chi connectivity index (χ4n) is 2.96. The van der Waals surface area contributed by atoms with Crippen molar-refractivity contribution in [2.24, 2.45) is 5.92 Å². The fourth-order valence-corrected chi connectivity index (χ4v) is 2.96. The molecule has 1 aliphatic heterocycles. The first-order valence-corrected chi connectivity index (χ1v) is 7.42. The Morgan fingerprint density at radius 1 is 1.20 bits per heavy atom. The van der Waals surface area contributed by atoms with Gasteiger partial charge in [0.15, 0.2) is 0 Å². The van der Waals surface area contributed by atoms with Crippen LogP contribution in [0.1, 0.15) is 29.5 Å². The van der Waals surface area contributed by atoms with Crippen molar-refractivity contribution >= 4 is 0 Å². The minimum absolute atomic E-state index is 0.258. The topological polar surface area (TPSA) is 36.3 Å². The van der Waals surface area contributed by atoms with Gasteiger partial charge in [-0.25, -0.2) is 0 Å². The number of ether oxygens (including phenoxy) is 1. The summed E-state index contributed by atoms with van der Waals surface area (Å²) in [5, 5.41) is 8.89. The first-order chi connectivity index (χ1) is 9.60. The number of benzene rings is 1. The number of piperidine rings is 1. The molecule has 108 valence electrons. The van der Waals surface area contributed by atoms with Gasteiger partial charge >= 0.3 is 0 Å². The molecule has 20 heavy (non-hydrogen) atoms. The summed E-state index contributed by atoms with van der Waals surface area (Å²) in [6.45, 7) is 10.0. The van der Waals surface area contributed by atoms with Crippen LogP contribution in [0, 0.1) is 38.0 Å². The molecule has 2 rings (SSSR count). The van der Waals surface area contributed by atoms with Crippen LogP contribution in [0.5, 0.6) is 5.75 Å². The second kappa shape index (κ2) is 6.76. The molecule has 0 saturated carbocycles. The maximum absolute atomic E-state index is 8.89. The van der Waals surface area contributed by atoms with E-state index in [9.17, 15) is 0 Å². The lowest BCUT2D eigenvalue weighted by Crippen LogP contribution is -2.36. The van der Waals surface area contributed by atoms with Crippen LogP contribution in [-0.4, -0.2) is 31.1 Å². The van der Waals surface area contributed by atoms with Crippen LogP contribution >= 0.6 is 0 Å². The van der Waals surface area contributed by atoms with Gasteiger partial charge in [0.2, 0.25) is 0 Å². The van der Waals surface area contributed by atoms with E-state index in [1.165, 1.54) is 16.7 Å². The lowest BCUT2D eigenvalue weighted by molar-refractivity contribution is 0.168. The molecule has 0 spiro atoms. The molecule has 3 heteroatoms. The Labute approximate surface area is 122 Å². The monoisotopic (exact) mass is 272 g/mol. The second-order valence-corrected chi connectivity index (χ2v) is 5.82. The zero-order valence-electron chi connectivity index (χ0n) is 12.8. The normalized spacial score (nSPS) is 16.9. The molecule has 0 aromatic heterocycles. The zero-order chi connectivity index (χ0) is 14.5. The zero-order valence-corrected chi connectivity index (χ0v) is 12.8. The van der Waals surface area contributed by atoms with Crippen molar-refractivity contribution < 1.29 is 4.74 Å². The first kappa shape index (κ1) is 14.9. The van der Waals surface area contributed by atoms with Gasteiger partial charge in [-0.1, -0.05) is 17.7 Å². The average molecular weight is 272 g/mol. The molecule has 0 N–H and O–H groups in total. The van der Waals surface area contributed by atoms with Crippen LogP contribution < -0.4 is 4.74 Å². The van der Waals surface area contributed by atoms with E-state index in [4.69, 9.17) is 10.00 Å². The van der Waals surface area contributed by atoms with Crippen molar-refractivity contribution in [2.45, 2.75) is 33.6 Å². The standard InChI is InChI=1S/C17H24N2O/c1-13-10-14(2)17(15(3)11-13)20-9-8-19-6-4-16(12-18)5-7-19/h10-11,16H,4-9H2,1-3H3. The summed E-state index contributed by atoms with van der Waals surface area (Å²) < 4.78 is 5.97. The van der Waals surface area contributed by atoms with E-state index in [1.807, 2.05) is 0 Å². The molecule has 1 saturated heterocycles. The highest BCUT2D eigenvalue weighted by molar-refractivity contribution is 5.42. The summed E-state index contributed by atoms with van der Waals surface area (Å²) in [4.78, 5) is 2.40. The Hall–Kier alpha value is -1.53. The quantitative estimate of drug-likeness (QED) is 0.844. The predicted molar refractivity (Wildman–Crippen MR) is 80.9 cm³/mol. The van der Waals surface area contributed by atoms with Crippen molar-refractivity contribution in [3.8, 4) is 11.8 Å². The minimum Gasteiger partial charge on any atom is -0.492 e. The average Bonchev–Trinajstić information content (AvgIpc) is 2.42. The third-order valence-electron chi connectivity index (χ3n) is 4.03. The smallest absolute Gasteiger partial charge is 0.125 e. The molecule has 0 atom stereocenters. The van der Waals surface area contributed by atoms with Crippen molar-refractivity contribution in [3.05, 3.63) is 28.8 Å². The number of hydrogen-bond donors (Lipinski definition) is 0. The predicted octanol–water partition coefficient (Wildman–Crippen LogP) is 3.23. The Balaban J connectivity index is 1.81. The Morgan fingerprint density at radius 3 is 2.35 bits per heavy atom. The van der Waals surface area contributed by atoms with E-state index in [0.717, 1.165) is 44.8 Å². The Kier molecular flexibility index (Phi) is 5.03. The van der Waals surface area contributed by atoms with E-state index in [1.54, 1.807) is 0 Å². The summed E-state index contributed by atoms with van der Waals surface area (Å²) in [7, 11) is 0. The molecule has 0 unspecified atom stereocenters. The number of likely N-dealkylation sites (tertiary alicyclic amines) is 1. The van der Waals surface area contributed by atoms with E-state index in [2.05, 4.69) is 43.9 Å². The fraction of sp³-hybridized carbons (Fsp3) is 0.588. The maximum atomic E-state index is 8.89. The van der Waals surface area contributed by atoms with E-state index < -0.39 is 0 Å². The molecule has 1 fully saturated rings. The van der Waals surface area contributed by atoms with Gasteiger partial charge in [-0.15, -0.1) is 0 Å². The van der Waals surface area contributed by atoms with Crippen LogP contribution in [0.15, 0.2) is 12.1 Å². The Bertz CT molecular complexity index is 473. The molecule has 1 heterocycles. The number of nitriles is 1. The highest BCUT2D eigenvalue weighted by Crippen LogP contribution is 2.24. The van der Waals surface area contributed by atoms with Crippen LogP contribution in [-0.2, 0) is 0 Å². The molecule has 1 aromatic rings. The van der Waals surface area contributed by atoms with Gasteiger partial charge in [0, 0.05) is 12.5 Å². The Morgan fingerprint density at radius 2 is 1.80 bits per heavy atom. The molecule has 0 amide bonds. The summed E-state index contributed by atoms with van der Waals surface area (Å²) in [6, 6.07) is 6.70. The van der Waals surface area contributed by atoms with Crippen LogP contribution in [0.2, 0.25) is 0 Å². The van der Waals surface area contributed by atoms with E-state index in [-0.39, 0.29) is 5.92 Å². The highest BCUT2D eigenvalue weighted by atomic mass is 16.5. The number of hydrogen-bond acceptors (Lipinski definition) is 3. The summed E-state index contributed by atoms with van der Waals surface area (Å²) >= 11 is 0.